The average molecular weight is 371 g/mol. The lowest BCUT2D eigenvalue weighted by Gasteiger charge is -2.31. The smallest absolute Gasteiger partial charge is 0.170 e. The van der Waals surface area contributed by atoms with E-state index in [2.05, 4.69) is 28.7 Å². The number of ketones is 1. The third kappa shape index (κ3) is 4.33. The van der Waals surface area contributed by atoms with Crippen LogP contribution in [0.15, 0.2) is 18.2 Å². The van der Waals surface area contributed by atoms with Gasteiger partial charge in [0.25, 0.3) is 0 Å². The summed E-state index contributed by atoms with van der Waals surface area (Å²) >= 11 is 0. The standard InChI is InChI=1S/C21H29N3O3/c1-5-20-22-14(2)18(23-20)13-24-10-6-7-15(12-24)21(25)17-9-8-16(26-3)11-19(17)27-4/h8-9,11,15H,5-7,10,12-13H2,1-4H3,(H,22,23). The summed E-state index contributed by atoms with van der Waals surface area (Å²) in [6.07, 6.45) is 2.82. The Morgan fingerprint density at radius 2 is 2.15 bits per heavy atom. The molecule has 1 aliphatic rings. The summed E-state index contributed by atoms with van der Waals surface area (Å²) in [6, 6.07) is 5.40. The van der Waals surface area contributed by atoms with Crippen molar-refractivity contribution in [1.82, 2.24) is 14.9 Å². The van der Waals surface area contributed by atoms with Gasteiger partial charge in [-0.25, -0.2) is 4.98 Å². The second-order valence-electron chi connectivity index (χ2n) is 7.11. The van der Waals surface area contributed by atoms with Crippen LogP contribution < -0.4 is 9.47 Å². The summed E-state index contributed by atoms with van der Waals surface area (Å²) in [5.74, 6) is 2.41. The first kappa shape index (κ1) is 19.4. The number of H-pyrrole nitrogens is 1. The van der Waals surface area contributed by atoms with E-state index in [-0.39, 0.29) is 11.7 Å². The van der Waals surface area contributed by atoms with Gasteiger partial charge < -0.3 is 14.5 Å². The fourth-order valence-electron chi connectivity index (χ4n) is 3.73. The maximum atomic E-state index is 13.1. The number of carbonyl (C=O) groups excluding carboxylic acids is 1. The van der Waals surface area contributed by atoms with Crippen LogP contribution in [0.25, 0.3) is 0 Å². The van der Waals surface area contributed by atoms with E-state index in [4.69, 9.17) is 9.47 Å². The number of aryl methyl sites for hydroxylation is 2. The summed E-state index contributed by atoms with van der Waals surface area (Å²) in [7, 11) is 3.20. The Labute approximate surface area is 160 Å². The second-order valence-corrected chi connectivity index (χ2v) is 7.11. The van der Waals surface area contributed by atoms with Gasteiger partial charge in [0.15, 0.2) is 5.78 Å². The minimum Gasteiger partial charge on any atom is -0.497 e. The highest BCUT2D eigenvalue weighted by Crippen LogP contribution is 2.30. The van der Waals surface area contributed by atoms with Crippen LogP contribution in [0.4, 0.5) is 0 Å². The van der Waals surface area contributed by atoms with Crippen molar-refractivity contribution in [3.63, 3.8) is 0 Å². The number of nitrogens with zero attached hydrogens (tertiary/aromatic N) is 2. The van der Waals surface area contributed by atoms with E-state index in [1.807, 2.05) is 12.1 Å². The molecule has 1 aromatic heterocycles. The number of ether oxygens (including phenoxy) is 2. The van der Waals surface area contributed by atoms with E-state index in [9.17, 15) is 4.79 Å². The van der Waals surface area contributed by atoms with Crippen molar-refractivity contribution < 1.29 is 14.3 Å². The summed E-state index contributed by atoms with van der Waals surface area (Å²) in [5, 5.41) is 0. The zero-order valence-electron chi connectivity index (χ0n) is 16.7. The fraction of sp³-hybridized carbons (Fsp3) is 0.524. The van der Waals surface area contributed by atoms with Crippen molar-refractivity contribution in [2.75, 3.05) is 27.3 Å². The molecule has 6 heteroatoms. The molecule has 1 aliphatic heterocycles. The first-order chi connectivity index (χ1) is 13.0. The van der Waals surface area contributed by atoms with Gasteiger partial charge in [0.05, 0.1) is 25.5 Å². The lowest BCUT2D eigenvalue weighted by atomic mass is 9.89. The van der Waals surface area contributed by atoms with Gasteiger partial charge in [-0.15, -0.1) is 0 Å². The van der Waals surface area contributed by atoms with Gasteiger partial charge in [-0.1, -0.05) is 6.92 Å². The molecule has 1 fully saturated rings. The van der Waals surface area contributed by atoms with Crippen molar-refractivity contribution >= 4 is 5.78 Å². The number of Topliss-reactive ketones (excluding diaryl/α,β-unsaturated/α-hetero) is 1. The quantitative estimate of drug-likeness (QED) is 0.756. The fourth-order valence-corrected chi connectivity index (χ4v) is 3.73. The number of imidazole rings is 1. The highest BCUT2D eigenvalue weighted by atomic mass is 16.5. The van der Waals surface area contributed by atoms with Crippen LogP contribution in [0.5, 0.6) is 11.5 Å². The van der Waals surface area contributed by atoms with Crippen molar-refractivity contribution in [3.05, 3.63) is 41.0 Å². The molecule has 2 heterocycles. The van der Waals surface area contributed by atoms with Gasteiger partial charge in [0.2, 0.25) is 0 Å². The minimum absolute atomic E-state index is 0.0223. The van der Waals surface area contributed by atoms with Crippen molar-refractivity contribution in [2.24, 2.45) is 5.92 Å². The molecule has 1 unspecified atom stereocenters. The van der Waals surface area contributed by atoms with Crippen LogP contribution in [-0.2, 0) is 13.0 Å². The van der Waals surface area contributed by atoms with Crippen LogP contribution in [0.2, 0.25) is 0 Å². The molecule has 1 saturated heterocycles. The Morgan fingerprint density at radius 1 is 1.33 bits per heavy atom. The Kier molecular flexibility index (Phi) is 6.16. The zero-order chi connectivity index (χ0) is 19.4. The number of benzene rings is 1. The van der Waals surface area contributed by atoms with E-state index in [0.29, 0.717) is 17.1 Å². The van der Waals surface area contributed by atoms with Crippen LogP contribution in [0.1, 0.15) is 47.3 Å². The van der Waals surface area contributed by atoms with Crippen molar-refractivity contribution in [3.8, 4) is 11.5 Å². The predicted molar refractivity (Wildman–Crippen MR) is 105 cm³/mol. The maximum Gasteiger partial charge on any atom is 0.170 e. The van der Waals surface area contributed by atoms with E-state index < -0.39 is 0 Å². The molecular weight excluding hydrogens is 342 g/mol. The molecule has 27 heavy (non-hydrogen) atoms. The van der Waals surface area contributed by atoms with E-state index in [1.165, 1.54) is 0 Å². The van der Waals surface area contributed by atoms with Crippen molar-refractivity contribution in [2.45, 2.75) is 39.7 Å². The maximum absolute atomic E-state index is 13.1. The summed E-state index contributed by atoms with van der Waals surface area (Å²) in [6.45, 7) is 6.70. The Balaban J connectivity index is 1.72. The number of hydrogen-bond donors (Lipinski definition) is 1. The second kappa shape index (κ2) is 8.57. The van der Waals surface area contributed by atoms with Crippen LogP contribution >= 0.6 is 0 Å². The van der Waals surface area contributed by atoms with Gasteiger partial charge in [-0.2, -0.15) is 0 Å². The number of methoxy groups -OCH3 is 2. The molecule has 0 spiro atoms. The Bertz CT molecular complexity index is 800. The largest absolute Gasteiger partial charge is 0.497 e. The van der Waals surface area contributed by atoms with E-state index >= 15 is 0 Å². The molecular formula is C21H29N3O3. The van der Waals surface area contributed by atoms with Gasteiger partial charge in [-0.3, -0.25) is 9.69 Å². The molecule has 0 saturated carbocycles. The number of rotatable bonds is 7. The number of aromatic nitrogens is 2. The van der Waals surface area contributed by atoms with Gasteiger partial charge in [0.1, 0.15) is 17.3 Å². The summed E-state index contributed by atoms with van der Waals surface area (Å²) in [5.41, 5.74) is 2.84. The predicted octanol–water partition coefficient (Wildman–Crippen LogP) is 3.39. The molecule has 146 valence electrons. The number of nitrogens with one attached hydrogen (secondary N) is 1. The first-order valence-electron chi connectivity index (χ1n) is 9.58. The Hall–Kier alpha value is -2.34. The molecule has 1 aromatic carbocycles. The molecule has 6 nitrogen and oxygen atoms in total. The van der Waals surface area contributed by atoms with E-state index in [1.54, 1.807) is 20.3 Å². The summed E-state index contributed by atoms with van der Waals surface area (Å²) in [4.78, 5) is 23.5. The van der Waals surface area contributed by atoms with Gasteiger partial charge >= 0.3 is 0 Å². The number of carbonyl (C=O) groups is 1. The normalized spacial score (nSPS) is 17.7. The number of aromatic amines is 1. The lowest BCUT2D eigenvalue weighted by molar-refractivity contribution is 0.0807. The number of piperidine rings is 1. The summed E-state index contributed by atoms with van der Waals surface area (Å²) < 4.78 is 10.7. The molecule has 2 aromatic rings. The molecule has 1 N–H and O–H groups in total. The first-order valence-corrected chi connectivity index (χ1v) is 9.58. The third-order valence-electron chi connectivity index (χ3n) is 5.29. The zero-order valence-corrected chi connectivity index (χ0v) is 16.7. The highest BCUT2D eigenvalue weighted by Gasteiger charge is 2.29. The van der Waals surface area contributed by atoms with Crippen LogP contribution in [-0.4, -0.2) is 48.0 Å². The topological polar surface area (TPSA) is 67.5 Å². The minimum atomic E-state index is -0.0223. The molecule has 3 rings (SSSR count). The van der Waals surface area contributed by atoms with Crippen LogP contribution in [0.3, 0.4) is 0 Å². The average Bonchev–Trinajstić information content (AvgIpc) is 3.06. The number of likely N-dealkylation sites (tertiary alicyclic amines) is 1. The van der Waals surface area contributed by atoms with Crippen molar-refractivity contribution in [1.29, 1.82) is 0 Å². The molecule has 0 radical (unpaired) electrons. The highest BCUT2D eigenvalue weighted by molar-refractivity contribution is 6.00. The molecule has 0 bridgehead atoms. The Morgan fingerprint density at radius 3 is 2.81 bits per heavy atom. The molecule has 1 atom stereocenters. The van der Waals surface area contributed by atoms with E-state index in [0.717, 1.165) is 56.1 Å². The number of hydrogen-bond acceptors (Lipinski definition) is 5. The monoisotopic (exact) mass is 371 g/mol. The lowest BCUT2D eigenvalue weighted by Crippen LogP contribution is -2.38. The SMILES string of the molecule is CCc1nc(CN2CCCC(C(=O)c3ccc(OC)cc3OC)C2)c(C)[nH]1. The van der Waals surface area contributed by atoms with Crippen LogP contribution in [0, 0.1) is 12.8 Å². The molecule has 0 aliphatic carbocycles. The van der Waals surface area contributed by atoms with Gasteiger partial charge in [0, 0.05) is 37.2 Å². The van der Waals surface area contributed by atoms with Gasteiger partial charge in [-0.05, 0) is 38.4 Å². The molecule has 0 amide bonds. The third-order valence-corrected chi connectivity index (χ3v) is 5.29.